The Morgan fingerprint density at radius 3 is 2.73 bits per heavy atom. The summed E-state index contributed by atoms with van der Waals surface area (Å²) in [5.74, 6) is 1.84. The third kappa shape index (κ3) is 5.01. The molecule has 6 rings (SSSR count). The first kappa shape index (κ1) is 25.6. The van der Waals surface area contributed by atoms with Gasteiger partial charge in [0.05, 0.1) is 22.8 Å². The smallest absolute Gasteiger partial charge is 0.163 e. The number of nitrogens with zero attached hydrogens (tertiary/aromatic N) is 9. The molecule has 0 aliphatic carbocycles. The lowest BCUT2D eigenvalue weighted by atomic mass is 10.1. The summed E-state index contributed by atoms with van der Waals surface area (Å²) in [6, 6.07) is 17.4. The molecule has 12 nitrogen and oxygen atoms in total. The fraction of sp³-hybridized carbons (Fsp3) is 0.286. The summed E-state index contributed by atoms with van der Waals surface area (Å²) >= 11 is 0. The van der Waals surface area contributed by atoms with Crippen molar-refractivity contribution in [2.75, 3.05) is 32.1 Å². The summed E-state index contributed by atoms with van der Waals surface area (Å²) < 4.78 is 8.86. The fourth-order valence-electron chi connectivity index (χ4n) is 4.80. The van der Waals surface area contributed by atoms with Crippen LogP contribution in [0.4, 0.5) is 11.5 Å². The molecule has 5 heterocycles. The van der Waals surface area contributed by atoms with E-state index in [0.717, 1.165) is 53.3 Å². The summed E-state index contributed by atoms with van der Waals surface area (Å²) in [5, 5.41) is 35.3. The topological polar surface area (TPSA) is 143 Å². The van der Waals surface area contributed by atoms with Gasteiger partial charge in [0.2, 0.25) is 0 Å². The highest BCUT2D eigenvalue weighted by molar-refractivity contribution is 5.82. The largest absolute Gasteiger partial charge is 0.396 e. The maximum Gasteiger partial charge on any atom is 0.163 e. The number of methoxy groups -OCH3 is 1. The van der Waals surface area contributed by atoms with Gasteiger partial charge in [-0.25, -0.2) is 14.6 Å². The van der Waals surface area contributed by atoms with E-state index in [0.29, 0.717) is 35.7 Å². The lowest BCUT2D eigenvalue weighted by Crippen LogP contribution is -2.51. The molecule has 1 aliphatic heterocycles. The van der Waals surface area contributed by atoms with Crippen LogP contribution in [0.2, 0.25) is 0 Å². The number of nitrogens with one attached hydrogen (secondary N) is 1. The quantitative estimate of drug-likeness (QED) is 0.289. The van der Waals surface area contributed by atoms with Crippen LogP contribution < -0.4 is 5.32 Å². The average Bonchev–Trinajstić information content (AvgIpc) is 3.54. The van der Waals surface area contributed by atoms with Crippen molar-refractivity contribution in [3.8, 4) is 17.7 Å². The molecule has 2 N–H and O–H groups in total. The molecule has 0 bridgehead atoms. The first-order valence-electron chi connectivity index (χ1n) is 12.9. The number of aryl methyl sites for hydroxylation is 1. The molecule has 12 heteroatoms. The van der Waals surface area contributed by atoms with E-state index in [1.807, 2.05) is 54.0 Å². The molecular weight excluding hydrogens is 508 g/mol. The van der Waals surface area contributed by atoms with E-state index in [2.05, 4.69) is 36.6 Å². The molecule has 4 aromatic heterocycles. The van der Waals surface area contributed by atoms with Crippen molar-refractivity contribution in [2.24, 2.45) is 0 Å². The van der Waals surface area contributed by atoms with Crippen molar-refractivity contribution in [1.82, 2.24) is 39.4 Å². The zero-order valence-electron chi connectivity index (χ0n) is 22.2. The van der Waals surface area contributed by atoms with Crippen molar-refractivity contribution >= 4 is 22.5 Å². The van der Waals surface area contributed by atoms with E-state index in [4.69, 9.17) is 9.72 Å². The molecule has 1 fully saturated rings. The maximum atomic E-state index is 9.60. The molecule has 0 spiro atoms. The van der Waals surface area contributed by atoms with Crippen molar-refractivity contribution in [3.05, 3.63) is 77.5 Å². The van der Waals surface area contributed by atoms with Crippen LogP contribution in [0.5, 0.6) is 0 Å². The highest BCUT2D eigenvalue weighted by Gasteiger charge is 2.26. The molecule has 0 atom stereocenters. The SMILES string of the molecule is COC1CN(Cc2ccc(Nc3ccc4ncn(-c5ccc(CCO)c(-n6nc(C#N)cc6C)n5)c4c3)nn2)C1. The number of hydrogen-bond donors (Lipinski definition) is 2. The molecule has 40 heavy (non-hydrogen) atoms. The minimum Gasteiger partial charge on any atom is -0.396 e. The maximum absolute atomic E-state index is 9.60. The number of imidazole rings is 1. The molecule has 0 saturated carbocycles. The number of hydrogen-bond acceptors (Lipinski definition) is 10. The van der Waals surface area contributed by atoms with Crippen LogP contribution >= 0.6 is 0 Å². The number of nitriles is 1. The summed E-state index contributed by atoms with van der Waals surface area (Å²) in [4.78, 5) is 11.7. The van der Waals surface area contributed by atoms with Gasteiger partial charge >= 0.3 is 0 Å². The molecule has 1 aromatic carbocycles. The number of ether oxygens (including phenoxy) is 1. The summed E-state index contributed by atoms with van der Waals surface area (Å²) in [6.07, 6.45) is 2.44. The highest BCUT2D eigenvalue weighted by atomic mass is 16.5. The first-order valence-corrected chi connectivity index (χ1v) is 12.9. The van der Waals surface area contributed by atoms with Gasteiger partial charge in [0, 0.05) is 44.7 Å². The van der Waals surface area contributed by atoms with Crippen molar-refractivity contribution in [3.63, 3.8) is 0 Å². The van der Waals surface area contributed by atoms with Gasteiger partial charge in [-0.3, -0.25) is 9.47 Å². The number of aromatic nitrogens is 7. The fourth-order valence-corrected chi connectivity index (χ4v) is 4.80. The number of anilines is 2. The van der Waals surface area contributed by atoms with Crippen LogP contribution in [0.1, 0.15) is 22.6 Å². The third-order valence-electron chi connectivity index (χ3n) is 6.95. The van der Waals surface area contributed by atoms with Crippen LogP contribution in [0, 0.1) is 18.3 Å². The Balaban J connectivity index is 1.27. The Morgan fingerprint density at radius 1 is 1.12 bits per heavy atom. The average molecular weight is 537 g/mol. The minimum absolute atomic E-state index is 0.0289. The lowest BCUT2D eigenvalue weighted by molar-refractivity contribution is -0.0340. The van der Waals surface area contributed by atoms with E-state index in [9.17, 15) is 10.4 Å². The van der Waals surface area contributed by atoms with Gasteiger partial charge in [-0.2, -0.15) is 15.5 Å². The summed E-state index contributed by atoms with van der Waals surface area (Å²) in [7, 11) is 1.74. The van der Waals surface area contributed by atoms with Crippen molar-refractivity contribution < 1.29 is 9.84 Å². The standard InChI is InChI=1S/C28H28N10O2/c1-18-11-22(13-29)35-38(18)28-19(9-10-39)3-8-27(32-28)37-17-30-24-6-4-20(12-25(24)37)31-26-7-5-21(33-34-26)14-36-15-23(16-36)40-2/h3-8,11-12,17,23,39H,9-10,14-16H2,1-2H3,(H,31,34). The highest BCUT2D eigenvalue weighted by Crippen LogP contribution is 2.25. The van der Waals surface area contributed by atoms with Gasteiger partial charge in [0.1, 0.15) is 18.2 Å². The third-order valence-corrected chi connectivity index (χ3v) is 6.95. The van der Waals surface area contributed by atoms with Crippen molar-refractivity contribution in [2.45, 2.75) is 26.0 Å². The molecule has 0 unspecified atom stereocenters. The van der Waals surface area contributed by atoms with Gasteiger partial charge in [0.15, 0.2) is 17.3 Å². The second-order valence-electron chi connectivity index (χ2n) is 9.73. The summed E-state index contributed by atoms with van der Waals surface area (Å²) in [6.45, 7) is 4.41. The van der Waals surface area contributed by atoms with Crippen LogP contribution in [0.25, 0.3) is 22.7 Å². The summed E-state index contributed by atoms with van der Waals surface area (Å²) in [5.41, 5.74) is 5.31. The molecule has 0 radical (unpaired) electrons. The molecule has 1 aliphatic rings. The molecular formula is C28H28N10O2. The normalized spacial score (nSPS) is 13.8. The van der Waals surface area contributed by atoms with E-state index < -0.39 is 0 Å². The predicted molar refractivity (Wildman–Crippen MR) is 148 cm³/mol. The Morgan fingerprint density at radius 2 is 2.00 bits per heavy atom. The van der Waals surface area contributed by atoms with Crippen LogP contribution in [-0.4, -0.2) is 77.4 Å². The minimum atomic E-state index is -0.0289. The van der Waals surface area contributed by atoms with E-state index in [-0.39, 0.29) is 6.61 Å². The van der Waals surface area contributed by atoms with Gasteiger partial charge in [-0.15, -0.1) is 5.10 Å². The Hall–Kier alpha value is -4.70. The van der Waals surface area contributed by atoms with E-state index in [1.165, 1.54) is 0 Å². The monoisotopic (exact) mass is 536 g/mol. The number of aliphatic hydroxyl groups is 1. The molecule has 1 saturated heterocycles. The molecule has 202 valence electrons. The second kappa shape index (κ2) is 10.8. The number of pyridine rings is 1. The number of benzene rings is 1. The van der Waals surface area contributed by atoms with Gasteiger partial charge in [-0.1, -0.05) is 6.07 Å². The van der Waals surface area contributed by atoms with Gasteiger partial charge in [-0.05, 0) is 61.4 Å². The van der Waals surface area contributed by atoms with Gasteiger partial charge in [0.25, 0.3) is 0 Å². The molecule has 5 aromatic rings. The van der Waals surface area contributed by atoms with Gasteiger partial charge < -0.3 is 15.2 Å². The van der Waals surface area contributed by atoms with E-state index >= 15 is 0 Å². The Kier molecular flexibility index (Phi) is 6.91. The number of fused-ring (bicyclic) bond motifs is 1. The Bertz CT molecular complexity index is 1700. The predicted octanol–water partition coefficient (Wildman–Crippen LogP) is 2.69. The van der Waals surface area contributed by atoms with Crippen LogP contribution in [0.3, 0.4) is 0 Å². The zero-order chi connectivity index (χ0) is 27.6. The van der Waals surface area contributed by atoms with Crippen LogP contribution in [0.15, 0.2) is 54.9 Å². The number of rotatable bonds is 9. The number of likely N-dealkylation sites (tertiary alicyclic amines) is 1. The number of aliphatic hydroxyl groups excluding tert-OH is 1. The Labute approximate surface area is 230 Å². The molecule has 0 amide bonds. The van der Waals surface area contributed by atoms with E-state index in [1.54, 1.807) is 24.2 Å². The first-order chi connectivity index (χ1) is 19.5. The second-order valence-corrected chi connectivity index (χ2v) is 9.73. The zero-order valence-corrected chi connectivity index (χ0v) is 22.2. The van der Waals surface area contributed by atoms with Crippen LogP contribution in [-0.2, 0) is 17.7 Å². The van der Waals surface area contributed by atoms with Crippen molar-refractivity contribution in [1.29, 1.82) is 5.26 Å². The lowest BCUT2D eigenvalue weighted by Gasteiger charge is -2.37.